The summed E-state index contributed by atoms with van der Waals surface area (Å²) in [6.45, 7) is 7.29. The first-order valence-corrected chi connectivity index (χ1v) is 5.92. The quantitative estimate of drug-likeness (QED) is 0.483. The van der Waals surface area contributed by atoms with E-state index in [1.165, 1.54) is 7.11 Å². The van der Waals surface area contributed by atoms with Crippen molar-refractivity contribution in [3.05, 3.63) is 47.3 Å². The van der Waals surface area contributed by atoms with Gasteiger partial charge in [0.05, 0.1) is 13.5 Å². The highest BCUT2D eigenvalue weighted by Gasteiger charge is 2.48. The Balaban J connectivity index is 3.24. The smallest absolute Gasteiger partial charge is 0.398 e. The van der Waals surface area contributed by atoms with Crippen molar-refractivity contribution in [3.8, 4) is 0 Å². The Hall–Kier alpha value is -1.34. The fourth-order valence-corrected chi connectivity index (χ4v) is 2.12. The normalized spacial score (nSPS) is 13.6. The maximum atomic E-state index is 11.8. The Labute approximate surface area is 103 Å². The van der Waals surface area contributed by atoms with E-state index >= 15 is 0 Å². The van der Waals surface area contributed by atoms with E-state index in [9.17, 15) is 4.79 Å². The number of ether oxygens (including phenoxy) is 1. The zero-order valence-corrected chi connectivity index (χ0v) is 10.5. The number of hydrogen-bond donors (Lipinski definition) is 0. The second kappa shape index (κ2) is 5.66. The first kappa shape index (κ1) is 12.7. The molecule has 16 heavy (non-hydrogen) atoms. The molecule has 0 heterocycles. The average molecular weight is 282 g/mol. The number of halogens is 1. The van der Waals surface area contributed by atoms with E-state index in [4.69, 9.17) is 11.3 Å². The van der Waals surface area contributed by atoms with Crippen molar-refractivity contribution in [2.24, 2.45) is 0 Å². The van der Waals surface area contributed by atoms with Gasteiger partial charge in [0, 0.05) is 10.9 Å². The molecular weight excluding hydrogens is 270 g/mol. The Kier molecular flexibility index (Phi) is 4.51. The summed E-state index contributed by atoms with van der Waals surface area (Å²) >= 11 is 3.27. The summed E-state index contributed by atoms with van der Waals surface area (Å²) in [4.78, 5) is 15.3. The summed E-state index contributed by atoms with van der Waals surface area (Å²) in [5.74, 6) is -0.506. The van der Waals surface area contributed by atoms with Crippen LogP contribution in [0.4, 0.5) is 0 Å². The van der Waals surface area contributed by atoms with Gasteiger partial charge in [-0.25, -0.2) is 11.4 Å². The van der Waals surface area contributed by atoms with Crippen molar-refractivity contribution >= 4 is 21.9 Å². The van der Waals surface area contributed by atoms with Gasteiger partial charge in [-0.05, 0) is 0 Å². The zero-order chi connectivity index (χ0) is 12.0. The van der Waals surface area contributed by atoms with E-state index in [1.54, 1.807) is 12.1 Å². The minimum absolute atomic E-state index is 0.396. The Morgan fingerprint density at radius 1 is 1.50 bits per heavy atom. The van der Waals surface area contributed by atoms with Gasteiger partial charge in [-0.15, -0.1) is 0 Å². The Bertz CT molecular complexity index is 399. The number of benzene rings is 1. The average Bonchev–Trinajstić information content (AvgIpc) is 2.36. The topological polar surface area (TPSA) is 30.7 Å². The number of carbonyl (C=O) groups is 1. The monoisotopic (exact) mass is 281 g/mol. The highest BCUT2D eigenvalue weighted by Crippen LogP contribution is 2.32. The van der Waals surface area contributed by atoms with Crippen LogP contribution in [0, 0.1) is 6.57 Å². The third kappa shape index (κ3) is 2.25. The molecular formula is C12H12BrNO2. The number of carbonyl (C=O) groups excluding carboxylic acids is 1. The molecule has 3 nitrogen and oxygen atoms in total. The fraction of sp³-hybridized carbons (Fsp3) is 0.333. The first-order valence-electron chi connectivity index (χ1n) is 4.80. The van der Waals surface area contributed by atoms with Gasteiger partial charge < -0.3 is 4.74 Å². The molecule has 1 atom stereocenters. The van der Waals surface area contributed by atoms with Crippen molar-refractivity contribution in [2.45, 2.75) is 12.0 Å². The van der Waals surface area contributed by atoms with E-state index in [0.717, 1.165) is 0 Å². The molecule has 0 radical (unpaired) electrons. The van der Waals surface area contributed by atoms with Gasteiger partial charge in [-0.1, -0.05) is 46.3 Å². The third-order valence-corrected chi connectivity index (χ3v) is 2.82. The SMILES string of the molecule is [C-]#[N+][C@](CCBr)(C(=O)OC)c1ccccc1. The summed E-state index contributed by atoms with van der Waals surface area (Å²) in [5, 5.41) is 0.569. The maximum absolute atomic E-state index is 11.8. The van der Waals surface area contributed by atoms with Gasteiger partial charge in [-0.3, -0.25) is 4.85 Å². The molecule has 0 aliphatic rings. The van der Waals surface area contributed by atoms with Gasteiger partial charge >= 0.3 is 11.5 Å². The van der Waals surface area contributed by atoms with E-state index in [1.807, 2.05) is 18.2 Å². The molecule has 0 fully saturated rings. The Morgan fingerprint density at radius 2 is 2.12 bits per heavy atom. The summed E-state index contributed by atoms with van der Waals surface area (Å²) < 4.78 is 4.74. The van der Waals surface area contributed by atoms with Crippen LogP contribution in [0.1, 0.15) is 12.0 Å². The number of rotatable bonds is 4. The second-order valence-electron chi connectivity index (χ2n) is 3.27. The minimum Gasteiger partial charge on any atom is -0.463 e. The number of hydrogen-bond acceptors (Lipinski definition) is 2. The maximum Gasteiger partial charge on any atom is 0.398 e. The van der Waals surface area contributed by atoms with Crippen molar-refractivity contribution in [2.75, 3.05) is 12.4 Å². The van der Waals surface area contributed by atoms with E-state index < -0.39 is 11.5 Å². The highest BCUT2D eigenvalue weighted by molar-refractivity contribution is 9.09. The molecule has 1 aromatic carbocycles. The minimum atomic E-state index is -1.22. The van der Waals surface area contributed by atoms with Crippen LogP contribution < -0.4 is 0 Å². The van der Waals surface area contributed by atoms with Gasteiger partial charge in [-0.2, -0.15) is 0 Å². The molecule has 0 aliphatic heterocycles. The lowest BCUT2D eigenvalue weighted by Gasteiger charge is -2.18. The molecule has 0 saturated heterocycles. The van der Waals surface area contributed by atoms with Gasteiger partial charge in [0.2, 0.25) is 0 Å². The van der Waals surface area contributed by atoms with E-state index in [2.05, 4.69) is 20.8 Å². The first-order chi connectivity index (χ1) is 7.71. The zero-order valence-electron chi connectivity index (χ0n) is 8.94. The van der Waals surface area contributed by atoms with E-state index in [0.29, 0.717) is 17.3 Å². The van der Waals surface area contributed by atoms with Crippen molar-refractivity contribution < 1.29 is 9.53 Å². The van der Waals surface area contributed by atoms with Crippen molar-refractivity contribution in [1.82, 2.24) is 0 Å². The lowest BCUT2D eigenvalue weighted by molar-refractivity contribution is -0.145. The molecule has 84 valence electrons. The van der Waals surface area contributed by atoms with Crippen LogP contribution >= 0.6 is 15.9 Å². The van der Waals surface area contributed by atoms with Crippen LogP contribution in [0.3, 0.4) is 0 Å². The number of nitrogens with zero attached hydrogens (tertiary/aromatic N) is 1. The largest absolute Gasteiger partial charge is 0.463 e. The lowest BCUT2D eigenvalue weighted by Crippen LogP contribution is -2.34. The Morgan fingerprint density at radius 3 is 2.56 bits per heavy atom. The van der Waals surface area contributed by atoms with Gasteiger partial charge in [0.1, 0.15) is 0 Å². The standard InChI is InChI=1S/C12H12BrNO2/c1-14-12(8-9-13,11(15)16-2)10-6-4-3-5-7-10/h3-7H,8-9H2,2H3/t12-/m0/s1. The van der Waals surface area contributed by atoms with E-state index in [-0.39, 0.29) is 0 Å². The summed E-state index contributed by atoms with van der Waals surface area (Å²) in [6.07, 6.45) is 0.396. The molecule has 0 aromatic heterocycles. The molecule has 0 unspecified atom stereocenters. The lowest BCUT2D eigenvalue weighted by atomic mass is 9.88. The molecule has 0 bridgehead atoms. The van der Waals surface area contributed by atoms with Gasteiger partial charge in [0.25, 0.3) is 0 Å². The van der Waals surface area contributed by atoms with Crippen LogP contribution in [-0.4, -0.2) is 18.4 Å². The summed E-state index contributed by atoms with van der Waals surface area (Å²) in [7, 11) is 1.30. The molecule has 0 amide bonds. The number of methoxy groups -OCH3 is 1. The molecule has 4 heteroatoms. The van der Waals surface area contributed by atoms with Crippen molar-refractivity contribution in [1.29, 1.82) is 0 Å². The summed E-state index contributed by atoms with van der Waals surface area (Å²) in [5.41, 5.74) is -0.546. The van der Waals surface area contributed by atoms with Crippen LogP contribution in [0.2, 0.25) is 0 Å². The molecule has 0 aliphatic carbocycles. The summed E-state index contributed by atoms with van der Waals surface area (Å²) in [6, 6.07) is 9.03. The molecule has 0 spiro atoms. The molecule has 0 saturated carbocycles. The number of alkyl halides is 1. The van der Waals surface area contributed by atoms with Crippen LogP contribution in [0.15, 0.2) is 30.3 Å². The van der Waals surface area contributed by atoms with Crippen LogP contribution in [0.25, 0.3) is 4.85 Å². The predicted molar refractivity (Wildman–Crippen MR) is 65.1 cm³/mol. The van der Waals surface area contributed by atoms with Crippen LogP contribution in [0.5, 0.6) is 0 Å². The number of esters is 1. The second-order valence-corrected chi connectivity index (χ2v) is 4.06. The van der Waals surface area contributed by atoms with Crippen molar-refractivity contribution in [3.63, 3.8) is 0 Å². The highest BCUT2D eigenvalue weighted by atomic mass is 79.9. The predicted octanol–water partition coefficient (Wildman–Crippen LogP) is 2.76. The van der Waals surface area contributed by atoms with Gasteiger partial charge in [0.15, 0.2) is 0 Å². The van der Waals surface area contributed by atoms with Crippen LogP contribution in [-0.2, 0) is 15.1 Å². The third-order valence-electron chi connectivity index (χ3n) is 2.42. The molecule has 0 N–H and O–H groups in total. The molecule has 1 rings (SSSR count). The fourth-order valence-electron chi connectivity index (χ4n) is 1.55. The molecule has 1 aromatic rings.